The van der Waals surface area contributed by atoms with Crippen molar-refractivity contribution >= 4 is 154 Å². The molecule has 0 saturated heterocycles. The predicted octanol–water partition coefficient (Wildman–Crippen LogP) is 29.4. The average Bonchev–Trinajstić information content (AvgIpc) is 1.26. The highest BCUT2D eigenvalue weighted by molar-refractivity contribution is 9.10. The first-order valence-corrected chi connectivity index (χ1v) is 37.9. The van der Waals surface area contributed by atoms with Crippen LogP contribution in [0.25, 0.3) is 208 Å². The molecule has 0 aliphatic rings. The maximum atomic E-state index is 9.42. The molecule has 0 atom stereocenters. The Morgan fingerprint density at radius 2 is 0.500 bits per heavy atom. The number of furan rings is 2. The van der Waals surface area contributed by atoms with Gasteiger partial charge in [-0.1, -0.05) is 337 Å². The molecule has 1 N–H and O–H groups in total. The monoisotopic (exact) mass is 1470 g/mol. The van der Waals surface area contributed by atoms with Crippen LogP contribution in [0.1, 0.15) is 0 Å². The van der Waals surface area contributed by atoms with Crippen LogP contribution in [-0.2, 0) is 0 Å². The van der Waals surface area contributed by atoms with E-state index in [1.807, 2.05) is 60.7 Å². The minimum Gasteiger partial charge on any atom is -0.537 e. The molecule has 0 amide bonds. The van der Waals surface area contributed by atoms with Gasteiger partial charge in [0, 0.05) is 47.9 Å². The van der Waals surface area contributed by atoms with Gasteiger partial charge >= 0.3 is 7.69 Å². The zero-order chi connectivity index (χ0) is 73.2. The van der Waals surface area contributed by atoms with Crippen LogP contribution in [-0.4, -0.2) is 12.7 Å². The van der Waals surface area contributed by atoms with E-state index in [0.717, 1.165) is 106 Å². The minimum absolute atomic E-state index is 0.665. The molecule has 20 aromatic carbocycles. The summed E-state index contributed by atoms with van der Waals surface area (Å²) in [7, 11) is 0.758. The van der Waals surface area contributed by atoms with Crippen LogP contribution in [0.2, 0.25) is 0 Å². The van der Waals surface area contributed by atoms with Crippen molar-refractivity contribution in [3.05, 3.63) is 393 Å². The van der Waals surface area contributed by atoms with Crippen molar-refractivity contribution in [2.24, 2.45) is 0 Å². The maximum absolute atomic E-state index is 9.42. The third-order valence-corrected chi connectivity index (χ3v) is 22.3. The zero-order valence-corrected chi connectivity index (χ0v) is 61.2. The Labute approximate surface area is 644 Å². The van der Waals surface area contributed by atoms with Gasteiger partial charge in [-0.3, -0.25) is 0 Å². The summed E-state index contributed by atoms with van der Waals surface area (Å²) in [6, 6.07) is 138. The predicted molar refractivity (Wildman–Crippen MR) is 468 cm³/mol. The van der Waals surface area contributed by atoms with Crippen molar-refractivity contribution in [3.63, 3.8) is 0 Å². The number of para-hydroxylation sites is 2. The second-order valence-corrected chi connectivity index (χ2v) is 29.0. The standard InChI is InChI=1S/C52H32O.C30H20BO2.C22H13BrO/c1-2-14-34-29-36(28-27-33(34)13-1)35-16-11-17-38(30-35)49-43-22-5-7-24-45(43)50(46-25-8-6-23-44(46)49)39-18-12-19-40(31-39)51-41-20-4-3-15-37(41)32-47-42-21-9-10-26-48(42)53-52(47)51;32-31-33-30-27-14-5-3-12-25(27)29(26-13-4-6-15-28(26)30)24-11-7-10-22(19-24)23-17-16-20-8-1-2-9-21(20)18-23;23-16-8-5-7-15(12-16)21-17-9-2-1-6-14(17)13-19-18-10-3-4-11-20(18)24-22(19)21/h1-32H;1-19,32H;1-13H. The molecule has 0 saturated carbocycles. The van der Waals surface area contributed by atoms with Crippen molar-refractivity contribution in [1.82, 2.24) is 0 Å². The van der Waals surface area contributed by atoms with Crippen LogP contribution < -0.4 is 4.65 Å². The van der Waals surface area contributed by atoms with Gasteiger partial charge in [0.2, 0.25) is 0 Å². The molecule has 515 valence electrons. The Morgan fingerprint density at radius 3 is 0.900 bits per heavy atom. The summed E-state index contributed by atoms with van der Waals surface area (Å²) in [4.78, 5) is 0. The number of benzene rings is 20. The van der Waals surface area contributed by atoms with Crippen LogP contribution in [0, 0.1) is 0 Å². The Bertz CT molecular complexity index is 7300. The summed E-state index contributed by atoms with van der Waals surface area (Å²) in [6.07, 6.45) is 0. The van der Waals surface area contributed by atoms with Crippen molar-refractivity contribution in [2.75, 3.05) is 0 Å². The van der Waals surface area contributed by atoms with Crippen LogP contribution in [0.3, 0.4) is 0 Å². The normalized spacial score (nSPS) is 11.5. The van der Waals surface area contributed by atoms with E-state index >= 15 is 0 Å². The maximum Gasteiger partial charge on any atom is 0.569 e. The second kappa shape index (κ2) is 27.9. The lowest BCUT2D eigenvalue weighted by atomic mass is 9.84. The molecule has 0 fully saturated rings. The van der Waals surface area contributed by atoms with Crippen LogP contribution in [0.4, 0.5) is 0 Å². The highest BCUT2D eigenvalue weighted by Gasteiger charge is 2.23. The van der Waals surface area contributed by atoms with Crippen LogP contribution in [0.5, 0.6) is 5.75 Å². The Hall–Kier alpha value is -13.6. The van der Waals surface area contributed by atoms with E-state index in [0.29, 0.717) is 5.75 Å². The van der Waals surface area contributed by atoms with E-state index in [1.165, 1.54) is 115 Å². The van der Waals surface area contributed by atoms with E-state index in [-0.39, 0.29) is 0 Å². The Balaban J connectivity index is 0.000000118. The first-order chi connectivity index (χ1) is 54.4. The molecule has 0 unspecified atom stereocenters. The van der Waals surface area contributed by atoms with E-state index < -0.39 is 0 Å². The fourth-order valence-electron chi connectivity index (χ4n) is 16.9. The first kappa shape index (κ1) is 65.9. The van der Waals surface area contributed by atoms with Gasteiger partial charge in [-0.05, 0) is 209 Å². The smallest absolute Gasteiger partial charge is 0.537 e. The minimum atomic E-state index is 0.665. The van der Waals surface area contributed by atoms with Gasteiger partial charge in [-0.25, -0.2) is 0 Å². The van der Waals surface area contributed by atoms with Crippen molar-refractivity contribution in [1.29, 1.82) is 0 Å². The number of hydrogen-bond acceptors (Lipinski definition) is 4. The zero-order valence-electron chi connectivity index (χ0n) is 59.6. The van der Waals surface area contributed by atoms with Gasteiger partial charge in [-0.15, -0.1) is 0 Å². The highest BCUT2D eigenvalue weighted by Crippen LogP contribution is 2.49. The van der Waals surface area contributed by atoms with E-state index in [9.17, 15) is 5.02 Å². The quantitative estimate of drug-likeness (QED) is 0.116. The topological polar surface area (TPSA) is 55.7 Å². The van der Waals surface area contributed by atoms with Gasteiger partial charge in [0.05, 0.1) is 0 Å². The Kier molecular flexibility index (Phi) is 16.7. The molecule has 2 heterocycles. The molecule has 0 spiro atoms. The van der Waals surface area contributed by atoms with Gasteiger partial charge in [0.15, 0.2) is 0 Å². The third-order valence-electron chi connectivity index (χ3n) is 21.8. The van der Waals surface area contributed by atoms with Crippen LogP contribution in [0.15, 0.2) is 402 Å². The number of rotatable bonds is 9. The molecular formula is C104H65BBrO4. The summed E-state index contributed by atoms with van der Waals surface area (Å²) >= 11 is 3.59. The molecule has 2 aromatic heterocycles. The summed E-state index contributed by atoms with van der Waals surface area (Å²) < 4.78 is 19.6. The van der Waals surface area contributed by atoms with Crippen molar-refractivity contribution in [2.45, 2.75) is 0 Å². The highest BCUT2D eigenvalue weighted by atomic mass is 79.9. The fourth-order valence-corrected chi connectivity index (χ4v) is 17.3. The lowest BCUT2D eigenvalue weighted by molar-refractivity contribution is 0.459. The third kappa shape index (κ3) is 11.7. The van der Waals surface area contributed by atoms with E-state index in [4.69, 9.17) is 13.5 Å². The molecule has 22 aromatic rings. The summed E-state index contributed by atoms with van der Waals surface area (Å²) in [6.45, 7) is 0. The second-order valence-electron chi connectivity index (χ2n) is 28.1. The largest absolute Gasteiger partial charge is 0.569 e. The molecule has 22 rings (SSSR count). The lowest BCUT2D eigenvalue weighted by Gasteiger charge is -2.19. The molecule has 110 heavy (non-hydrogen) atoms. The summed E-state index contributed by atoms with van der Waals surface area (Å²) in [5, 5.41) is 32.9. The molecule has 0 aliphatic carbocycles. The van der Waals surface area contributed by atoms with Crippen molar-refractivity contribution in [3.8, 4) is 83.6 Å². The number of hydrogen-bond donors (Lipinski definition) is 1. The van der Waals surface area contributed by atoms with E-state index in [2.05, 4.69) is 344 Å². The Morgan fingerprint density at radius 1 is 0.209 bits per heavy atom. The lowest BCUT2D eigenvalue weighted by Crippen LogP contribution is -2.02. The molecule has 4 nitrogen and oxygen atoms in total. The number of fused-ring (bicyclic) bond motifs is 14. The first-order valence-electron chi connectivity index (χ1n) is 37.1. The summed E-state index contributed by atoms with van der Waals surface area (Å²) in [5.41, 5.74) is 20.3. The van der Waals surface area contributed by atoms with Gasteiger partial charge in [0.25, 0.3) is 0 Å². The SMILES string of the molecule is Brc1cccc(-c2c3ccccc3cc3c2oc2ccccc23)c1.O[B]Oc1c2ccccc2c(-c2cccc(-c3ccc4ccccc4c3)c2)c2ccccc12.c1cc(-c2ccc3ccccc3c2)cc(-c2c3ccccc3c(-c3cccc(-c4c5ccccc5cc5c4oc4ccccc45)c3)c3ccccc23)c1. The van der Waals surface area contributed by atoms with Gasteiger partial charge in [0.1, 0.15) is 28.1 Å². The van der Waals surface area contributed by atoms with Crippen molar-refractivity contribution < 1.29 is 18.5 Å². The van der Waals surface area contributed by atoms with Gasteiger partial charge < -0.3 is 18.5 Å². The number of halogens is 1. The average molecular weight is 1470 g/mol. The molecule has 6 heteroatoms. The molecule has 0 bridgehead atoms. The van der Waals surface area contributed by atoms with Gasteiger partial charge in [-0.2, -0.15) is 0 Å². The molecule has 0 aliphatic heterocycles. The fraction of sp³-hybridized carbons (Fsp3) is 0. The van der Waals surface area contributed by atoms with Crippen LogP contribution >= 0.6 is 15.9 Å². The summed E-state index contributed by atoms with van der Waals surface area (Å²) in [5.74, 6) is 0.665. The molecule has 1 radical (unpaired) electrons. The molecular weight excluding hydrogens is 1400 g/mol. The van der Waals surface area contributed by atoms with E-state index in [1.54, 1.807) is 0 Å².